The molecule has 0 aromatic carbocycles. The molecule has 1 atom stereocenters. The Balaban J connectivity index is 2.43. The summed E-state index contributed by atoms with van der Waals surface area (Å²) in [4.78, 5) is 27.6. The molecule has 0 bridgehead atoms. The van der Waals surface area contributed by atoms with E-state index >= 15 is 0 Å². The molecule has 0 radical (unpaired) electrons. The number of carbonyl (C=O) groups is 2. The first kappa shape index (κ1) is 15.0. The lowest BCUT2D eigenvalue weighted by Crippen LogP contribution is -2.35. The number of rotatable bonds is 7. The van der Waals surface area contributed by atoms with Gasteiger partial charge in [-0.3, -0.25) is 9.59 Å². The molecule has 1 heterocycles. The second-order valence-electron chi connectivity index (χ2n) is 5.21. The third kappa shape index (κ3) is 4.00. The molecule has 1 rings (SSSR count). The van der Waals surface area contributed by atoms with Gasteiger partial charge in [0.2, 0.25) is 11.8 Å². The average molecular weight is 254 g/mol. The van der Waals surface area contributed by atoms with E-state index in [1.807, 2.05) is 11.9 Å². The van der Waals surface area contributed by atoms with Crippen molar-refractivity contribution < 1.29 is 9.59 Å². The molecular formula is C14H26N2O2. The molecule has 0 saturated carbocycles. The van der Waals surface area contributed by atoms with Crippen molar-refractivity contribution in [2.45, 2.75) is 46.0 Å². The lowest BCUT2D eigenvalue weighted by atomic mass is 10.1. The topological polar surface area (TPSA) is 40.6 Å². The molecule has 1 aliphatic rings. The first-order chi connectivity index (χ1) is 8.60. The zero-order chi connectivity index (χ0) is 13.5. The highest BCUT2D eigenvalue weighted by Crippen LogP contribution is 2.20. The maximum Gasteiger partial charge on any atom is 0.227 e. The molecule has 4 heteroatoms. The zero-order valence-corrected chi connectivity index (χ0v) is 11.9. The van der Waals surface area contributed by atoms with Gasteiger partial charge < -0.3 is 9.80 Å². The lowest BCUT2D eigenvalue weighted by Gasteiger charge is -2.21. The van der Waals surface area contributed by atoms with Crippen LogP contribution in [0.2, 0.25) is 0 Å². The fourth-order valence-corrected chi connectivity index (χ4v) is 2.32. The summed E-state index contributed by atoms with van der Waals surface area (Å²) >= 11 is 0. The molecule has 0 aromatic rings. The first-order valence-corrected chi connectivity index (χ1v) is 7.12. The zero-order valence-electron chi connectivity index (χ0n) is 11.9. The van der Waals surface area contributed by atoms with Crippen LogP contribution < -0.4 is 0 Å². The second-order valence-corrected chi connectivity index (χ2v) is 5.21. The molecule has 1 aliphatic heterocycles. The number of likely N-dealkylation sites (tertiary alicyclic amines) is 1. The van der Waals surface area contributed by atoms with E-state index in [1.54, 1.807) is 4.90 Å². The summed E-state index contributed by atoms with van der Waals surface area (Å²) in [7, 11) is 1.84. The third-order valence-corrected chi connectivity index (χ3v) is 3.57. The Morgan fingerprint density at radius 3 is 2.61 bits per heavy atom. The van der Waals surface area contributed by atoms with Crippen molar-refractivity contribution in [3.05, 3.63) is 0 Å². The molecule has 4 nitrogen and oxygen atoms in total. The van der Waals surface area contributed by atoms with Crippen molar-refractivity contribution in [3.63, 3.8) is 0 Å². The Hall–Kier alpha value is -1.06. The molecule has 0 N–H and O–H groups in total. The number of unbranched alkanes of at least 4 members (excludes halogenated alkanes) is 2. The minimum absolute atomic E-state index is 0.115. The van der Waals surface area contributed by atoms with Crippen LogP contribution in [0.4, 0.5) is 0 Å². The summed E-state index contributed by atoms with van der Waals surface area (Å²) in [6.45, 7) is 6.45. The van der Waals surface area contributed by atoms with Crippen molar-refractivity contribution in [1.82, 2.24) is 9.80 Å². The molecular weight excluding hydrogens is 228 g/mol. The molecule has 0 aliphatic carbocycles. The van der Waals surface area contributed by atoms with Crippen molar-refractivity contribution in [2.75, 3.05) is 26.7 Å². The van der Waals surface area contributed by atoms with E-state index in [2.05, 4.69) is 13.8 Å². The number of carbonyl (C=O) groups excluding carboxylic acids is 2. The van der Waals surface area contributed by atoms with Gasteiger partial charge in [-0.2, -0.15) is 0 Å². The molecule has 0 aromatic heterocycles. The van der Waals surface area contributed by atoms with E-state index in [9.17, 15) is 9.59 Å². The highest BCUT2D eigenvalue weighted by atomic mass is 16.2. The smallest absolute Gasteiger partial charge is 0.227 e. The molecule has 1 saturated heterocycles. The van der Waals surface area contributed by atoms with Gasteiger partial charge in [-0.05, 0) is 12.8 Å². The van der Waals surface area contributed by atoms with Crippen LogP contribution >= 0.6 is 0 Å². The predicted molar refractivity (Wildman–Crippen MR) is 72.1 cm³/mol. The molecule has 1 unspecified atom stereocenters. The van der Waals surface area contributed by atoms with Crippen molar-refractivity contribution in [2.24, 2.45) is 5.92 Å². The predicted octanol–water partition coefficient (Wildman–Crippen LogP) is 1.89. The standard InChI is InChI=1S/C14H26N2O2/c1-4-6-8-15(3)14(18)12-10-13(17)16(11-12)9-7-5-2/h12H,4-11H2,1-3H3. The third-order valence-electron chi connectivity index (χ3n) is 3.57. The summed E-state index contributed by atoms with van der Waals surface area (Å²) in [6.07, 6.45) is 4.63. The van der Waals surface area contributed by atoms with Crippen molar-refractivity contribution in [3.8, 4) is 0 Å². The van der Waals surface area contributed by atoms with Gasteiger partial charge in [0.25, 0.3) is 0 Å². The molecule has 1 fully saturated rings. The quantitative estimate of drug-likeness (QED) is 0.696. The van der Waals surface area contributed by atoms with Gasteiger partial charge in [0, 0.05) is 33.1 Å². The summed E-state index contributed by atoms with van der Waals surface area (Å²) in [5, 5.41) is 0. The van der Waals surface area contributed by atoms with Crippen LogP contribution in [0.5, 0.6) is 0 Å². The van der Waals surface area contributed by atoms with E-state index in [0.717, 1.165) is 38.8 Å². The lowest BCUT2D eigenvalue weighted by molar-refractivity contribution is -0.134. The minimum atomic E-state index is -0.115. The number of hydrogen-bond acceptors (Lipinski definition) is 2. The van der Waals surface area contributed by atoms with Gasteiger partial charge in [0.1, 0.15) is 0 Å². The Labute approximate surface area is 110 Å². The highest BCUT2D eigenvalue weighted by molar-refractivity contribution is 5.89. The van der Waals surface area contributed by atoms with Gasteiger partial charge in [-0.1, -0.05) is 26.7 Å². The fourth-order valence-electron chi connectivity index (χ4n) is 2.32. The monoisotopic (exact) mass is 254 g/mol. The van der Waals surface area contributed by atoms with Crippen LogP contribution in [0.1, 0.15) is 46.0 Å². The van der Waals surface area contributed by atoms with Crippen LogP contribution in [0, 0.1) is 5.92 Å². The highest BCUT2D eigenvalue weighted by Gasteiger charge is 2.34. The van der Waals surface area contributed by atoms with Gasteiger partial charge in [-0.15, -0.1) is 0 Å². The summed E-state index contributed by atoms with van der Waals surface area (Å²) in [6, 6.07) is 0. The van der Waals surface area contributed by atoms with E-state index < -0.39 is 0 Å². The molecule has 18 heavy (non-hydrogen) atoms. The normalized spacial score (nSPS) is 19.4. The van der Waals surface area contributed by atoms with Gasteiger partial charge in [0.05, 0.1) is 5.92 Å². The molecule has 2 amide bonds. The van der Waals surface area contributed by atoms with E-state index in [0.29, 0.717) is 13.0 Å². The molecule has 0 spiro atoms. The van der Waals surface area contributed by atoms with Gasteiger partial charge in [0.15, 0.2) is 0 Å². The average Bonchev–Trinajstić information content (AvgIpc) is 2.73. The number of hydrogen-bond donors (Lipinski definition) is 0. The van der Waals surface area contributed by atoms with Crippen molar-refractivity contribution >= 4 is 11.8 Å². The molecule has 104 valence electrons. The van der Waals surface area contributed by atoms with Gasteiger partial charge >= 0.3 is 0 Å². The Bertz CT molecular complexity index is 292. The maximum absolute atomic E-state index is 12.2. The van der Waals surface area contributed by atoms with Crippen LogP contribution in [0.3, 0.4) is 0 Å². The largest absolute Gasteiger partial charge is 0.345 e. The maximum atomic E-state index is 12.2. The Morgan fingerprint density at radius 2 is 2.00 bits per heavy atom. The minimum Gasteiger partial charge on any atom is -0.345 e. The second kappa shape index (κ2) is 7.39. The number of nitrogens with zero attached hydrogens (tertiary/aromatic N) is 2. The Kier molecular flexibility index (Phi) is 6.16. The fraction of sp³-hybridized carbons (Fsp3) is 0.857. The SMILES string of the molecule is CCCCN(C)C(=O)C1CC(=O)N(CCCC)C1. The van der Waals surface area contributed by atoms with E-state index in [1.165, 1.54) is 0 Å². The van der Waals surface area contributed by atoms with Crippen LogP contribution in [-0.2, 0) is 9.59 Å². The van der Waals surface area contributed by atoms with Crippen LogP contribution in [0.25, 0.3) is 0 Å². The first-order valence-electron chi connectivity index (χ1n) is 7.12. The van der Waals surface area contributed by atoms with Crippen LogP contribution in [0.15, 0.2) is 0 Å². The van der Waals surface area contributed by atoms with E-state index in [-0.39, 0.29) is 17.7 Å². The number of amides is 2. The summed E-state index contributed by atoms with van der Waals surface area (Å²) in [5.74, 6) is 0.165. The summed E-state index contributed by atoms with van der Waals surface area (Å²) in [5.41, 5.74) is 0. The summed E-state index contributed by atoms with van der Waals surface area (Å²) < 4.78 is 0. The van der Waals surface area contributed by atoms with Crippen LogP contribution in [-0.4, -0.2) is 48.3 Å². The Morgan fingerprint density at radius 1 is 1.33 bits per heavy atom. The van der Waals surface area contributed by atoms with Crippen molar-refractivity contribution in [1.29, 1.82) is 0 Å². The van der Waals surface area contributed by atoms with Gasteiger partial charge in [-0.25, -0.2) is 0 Å². The van der Waals surface area contributed by atoms with E-state index in [4.69, 9.17) is 0 Å².